The van der Waals surface area contributed by atoms with E-state index in [4.69, 9.17) is 4.74 Å². The van der Waals surface area contributed by atoms with Crippen molar-refractivity contribution in [1.82, 2.24) is 5.32 Å². The van der Waals surface area contributed by atoms with Gasteiger partial charge in [-0.05, 0) is 18.2 Å². The Morgan fingerprint density at radius 1 is 0.868 bits per heavy atom. The zero-order valence-corrected chi connectivity index (χ0v) is 24.6. The SMILES string of the molecule is CCCCCCCCCCCCCCCCNC(=O)c1cc(OCC(O)CSCC)c2ccccc2c1O. The number of aliphatic hydroxyl groups excluding tert-OH is 1. The van der Waals surface area contributed by atoms with Crippen LogP contribution in [0.3, 0.4) is 0 Å². The molecule has 0 aliphatic rings. The Kier molecular flexibility index (Phi) is 17.0. The van der Waals surface area contributed by atoms with Crippen molar-refractivity contribution in [3.8, 4) is 11.5 Å². The van der Waals surface area contributed by atoms with Crippen molar-refractivity contribution in [2.75, 3.05) is 24.7 Å². The van der Waals surface area contributed by atoms with E-state index in [0.29, 0.717) is 23.4 Å². The summed E-state index contributed by atoms with van der Waals surface area (Å²) < 4.78 is 5.90. The first-order valence-electron chi connectivity index (χ1n) is 15.0. The van der Waals surface area contributed by atoms with Crippen LogP contribution in [0.2, 0.25) is 0 Å². The molecule has 6 heteroatoms. The molecule has 1 amide bonds. The van der Waals surface area contributed by atoms with E-state index in [1.54, 1.807) is 23.9 Å². The van der Waals surface area contributed by atoms with Crippen LogP contribution in [0.4, 0.5) is 0 Å². The fourth-order valence-electron chi connectivity index (χ4n) is 4.72. The van der Waals surface area contributed by atoms with Crippen molar-refractivity contribution in [3.63, 3.8) is 0 Å². The number of aromatic hydroxyl groups is 1. The number of aliphatic hydroxyl groups is 1. The molecule has 214 valence electrons. The fraction of sp³-hybridized carbons (Fsp3) is 0.656. The number of hydrogen-bond acceptors (Lipinski definition) is 5. The van der Waals surface area contributed by atoms with Crippen LogP contribution in [0.25, 0.3) is 10.8 Å². The zero-order valence-electron chi connectivity index (χ0n) is 23.8. The second-order valence-electron chi connectivity index (χ2n) is 10.3. The van der Waals surface area contributed by atoms with Gasteiger partial charge in [0.05, 0.1) is 11.7 Å². The third kappa shape index (κ3) is 12.3. The summed E-state index contributed by atoms with van der Waals surface area (Å²) in [6.45, 7) is 5.05. The number of hydrogen-bond donors (Lipinski definition) is 3. The number of ether oxygens (including phenoxy) is 1. The molecule has 2 rings (SSSR count). The molecule has 0 aliphatic carbocycles. The maximum Gasteiger partial charge on any atom is 0.255 e. The molecule has 0 aliphatic heterocycles. The molecule has 1 atom stereocenters. The number of unbranched alkanes of at least 4 members (excludes halogenated alkanes) is 13. The van der Waals surface area contributed by atoms with Gasteiger partial charge in [-0.25, -0.2) is 0 Å². The van der Waals surface area contributed by atoms with Gasteiger partial charge in [0.15, 0.2) is 0 Å². The Labute approximate surface area is 235 Å². The van der Waals surface area contributed by atoms with Crippen LogP contribution < -0.4 is 10.1 Å². The van der Waals surface area contributed by atoms with Crippen molar-refractivity contribution in [2.24, 2.45) is 0 Å². The lowest BCUT2D eigenvalue weighted by Crippen LogP contribution is -2.25. The molecular formula is C32H51NO4S. The molecule has 0 saturated carbocycles. The van der Waals surface area contributed by atoms with E-state index in [1.165, 1.54) is 77.0 Å². The number of rotatable bonds is 22. The number of fused-ring (bicyclic) bond motifs is 1. The van der Waals surface area contributed by atoms with Gasteiger partial charge < -0.3 is 20.3 Å². The summed E-state index contributed by atoms with van der Waals surface area (Å²) in [7, 11) is 0. The lowest BCUT2D eigenvalue weighted by Gasteiger charge is -2.16. The molecule has 0 heterocycles. The molecule has 0 radical (unpaired) electrons. The molecule has 0 saturated heterocycles. The van der Waals surface area contributed by atoms with Gasteiger partial charge in [-0.3, -0.25) is 4.79 Å². The number of thioether (sulfide) groups is 1. The van der Waals surface area contributed by atoms with Crippen molar-refractivity contribution < 1.29 is 19.7 Å². The van der Waals surface area contributed by atoms with Gasteiger partial charge in [-0.1, -0.05) is 122 Å². The Bertz CT molecular complexity index is 920. The predicted octanol–water partition coefficient (Wildman–Crippen LogP) is 8.25. The van der Waals surface area contributed by atoms with Crippen LogP contribution in [0.15, 0.2) is 30.3 Å². The third-order valence-electron chi connectivity index (χ3n) is 6.98. The summed E-state index contributed by atoms with van der Waals surface area (Å²) in [4.78, 5) is 12.9. The average molecular weight is 546 g/mol. The van der Waals surface area contributed by atoms with Crippen LogP contribution >= 0.6 is 11.8 Å². The number of phenols is 1. The van der Waals surface area contributed by atoms with Crippen LogP contribution in [-0.4, -0.2) is 46.9 Å². The monoisotopic (exact) mass is 545 g/mol. The first-order valence-corrected chi connectivity index (χ1v) is 16.1. The summed E-state index contributed by atoms with van der Waals surface area (Å²) >= 11 is 1.65. The highest BCUT2D eigenvalue weighted by molar-refractivity contribution is 7.99. The van der Waals surface area contributed by atoms with Crippen molar-refractivity contribution in [3.05, 3.63) is 35.9 Å². The van der Waals surface area contributed by atoms with E-state index in [2.05, 4.69) is 19.2 Å². The number of carbonyl (C=O) groups excluding carboxylic acids is 1. The van der Waals surface area contributed by atoms with Crippen LogP contribution in [0, 0.1) is 0 Å². The number of nitrogens with one attached hydrogen (secondary N) is 1. The summed E-state index contributed by atoms with van der Waals surface area (Å²) in [6.07, 6.45) is 17.6. The molecular weight excluding hydrogens is 494 g/mol. The maximum atomic E-state index is 12.9. The van der Waals surface area contributed by atoms with E-state index in [-0.39, 0.29) is 23.8 Å². The van der Waals surface area contributed by atoms with Gasteiger partial charge in [0.1, 0.15) is 18.1 Å². The summed E-state index contributed by atoms with van der Waals surface area (Å²) in [5.74, 6) is 1.70. The topological polar surface area (TPSA) is 78.8 Å². The standard InChI is InChI=1S/C32H51NO4S/c1-3-5-6-7-8-9-10-11-12-13-14-15-16-19-22-33-32(36)29-23-30(37-24-26(34)25-38-4-2)27-20-17-18-21-28(27)31(29)35/h17-18,20-21,23,26,34-35H,3-16,19,22,24-25H2,1-2H3,(H,33,36). The molecule has 0 spiro atoms. The van der Waals surface area contributed by atoms with Crippen molar-refractivity contribution in [2.45, 2.75) is 110 Å². The summed E-state index contributed by atoms with van der Waals surface area (Å²) in [5.41, 5.74) is 0.210. The third-order valence-corrected chi connectivity index (χ3v) is 8.01. The van der Waals surface area contributed by atoms with Gasteiger partial charge in [-0.15, -0.1) is 0 Å². The molecule has 2 aromatic rings. The highest BCUT2D eigenvalue weighted by atomic mass is 32.2. The van der Waals surface area contributed by atoms with Crippen molar-refractivity contribution >= 4 is 28.4 Å². The largest absolute Gasteiger partial charge is 0.506 e. The zero-order chi connectivity index (χ0) is 27.4. The molecule has 3 N–H and O–H groups in total. The van der Waals surface area contributed by atoms with E-state index in [9.17, 15) is 15.0 Å². The van der Waals surface area contributed by atoms with Gasteiger partial charge in [0.2, 0.25) is 0 Å². The normalized spacial score (nSPS) is 12.1. The molecule has 1 unspecified atom stereocenters. The molecule has 0 aromatic heterocycles. The van der Waals surface area contributed by atoms with Crippen LogP contribution in [0.5, 0.6) is 11.5 Å². The Morgan fingerprint density at radius 3 is 2.00 bits per heavy atom. The first kappa shape index (κ1) is 32.3. The maximum absolute atomic E-state index is 12.9. The Balaban J connectivity index is 1.69. The minimum absolute atomic E-state index is 0.0338. The fourth-order valence-corrected chi connectivity index (χ4v) is 5.33. The second-order valence-corrected chi connectivity index (χ2v) is 11.6. The molecule has 0 bridgehead atoms. The predicted molar refractivity (Wildman–Crippen MR) is 163 cm³/mol. The van der Waals surface area contributed by atoms with Gasteiger partial charge in [-0.2, -0.15) is 11.8 Å². The molecule has 2 aromatic carbocycles. The van der Waals surface area contributed by atoms with Crippen LogP contribution in [0.1, 0.15) is 114 Å². The smallest absolute Gasteiger partial charge is 0.255 e. The molecule has 5 nitrogen and oxygen atoms in total. The number of phenolic OH excluding ortho intramolecular Hbond substituents is 1. The van der Waals surface area contributed by atoms with E-state index >= 15 is 0 Å². The number of benzene rings is 2. The lowest BCUT2D eigenvalue weighted by molar-refractivity contribution is 0.0949. The minimum Gasteiger partial charge on any atom is -0.506 e. The summed E-state index contributed by atoms with van der Waals surface area (Å²) in [5, 5.41) is 25.2. The van der Waals surface area contributed by atoms with E-state index < -0.39 is 6.10 Å². The number of amides is 1. The highest BCUT2D eigenvalue weighted by Crippen LogP contribution is 2.36. The second kappa shape index (κ2) is 20.0. The lowest BCUT2D eigenvalue weighted by atomic mass is 10.0. The van der Waals surface area contributed by atoms with Gasteiger partial charge in [0, 0.05) is 23.1 Å². The molecule has 0 fully saturated rings. The average Bonchev–Trinajstić information content (AvgIpc) is 2.93. The first-order chi connectivity index (χ1) is 18.6. The van der Waals surface area contributed by atoms with Crippen molar-refractivity contribution in [1.29, 1.82) is 0 Å². The Hall–Kier alpha value is -1.92. The summed E-state index contributed by atoms with van der Waals surface area (Å²) in [6, 6.07) is 8.93. The number of carbonyl (C=O) groups is 1. The van der Waals surface area contributed by atoms with Gasteiger partial charge >= 0.3 is 0 Å². The quantitative estimate of drug-likeness (QED) is 0.130. The molecule has 38 heavy (non-hydrogen) atoms. The Morgan fingerprint density at radius 2 is 1.42 bits per heavy atom. The highest BCUT2D eigenvalue weighted by Gasteiger charge is 2.18. The van der Waals surface area contributed by atoms with E-state index in [0.717, 1.165) is 24.0 Å². The van der Waals surface area contributed by atoms with E-state index in [1.807, 2.05) is 18.2 Å². The van der Waals surface area contributed by atoms with Crippen LogP contribution in [-0.2, 0) is 0 Å². The van der Waals surface area contributed by atoms with Gasteiger partial charge in [0.25, 0.3) is 5.91 Å². The minimum atomic E-state index is -0.592.